The van der Waals surface area contributed by atoms with Crippen molar-refractivity contribution >= 4 is 5.91 Å². The van der Waals surface area contributed by atoms with E-state index in [0.29, 0.717) is 17.9 Å². The average Bonchev–Trinajstić information content (AvgIpc) is 2.83. The number of amides is 1. The van der Waals surface area contributed by atoms with Crippen molar-refractivity contribution in [1.82, 2.24) is 20.3 Å². The van der Waals surface area contributed by atoms with Crippen molar-refractivity contribution in [1.29, 1.82) is 0 Å². The first-order chi connectivity index (χ1) is 8.06. The first kappa shape index (κ1) is 11.4. The van der Waals surface area contributed by atoms with Crippen LogP contribution in [0.5, 0.6) is 0 Å². The van der Waals surface area contributed by atoms with Crippen molar-refractivity contribution in [2.75, 3.05) is 0 Å². The number of rotatable bonds is 3. The summed E-state index contributed by atoms with van der Waals surface area (Å²) in [5.41, 5.74) is 2.04. The molecule has 0 fully saturated rings. The van der Waals surface area contributed by atoms with E-state index in [-0.39, 0.29) is 5.91 Å². The van der Waals surface area contributed by atoms with E-state index in [1.165, 1.54) is 0 Å². The minimum Gasteiger partial charge on any atom is -0.361 e. The van der Waals surface area contributed by atoms with Crippen LogP contribution in [0.2, 0.25) is 0 Å². The van der Waals surface area contributed by atoms with Gasteiger partial charge < -0.3 is 9.84 Å². The van der Waals surface area contributed by atoms with Crippen molar-refractivity contribution in [3.63, 3.8) is 0 Å². The highest BCUT2D eigenvalue weighted by atomic mass is 16.5. The fourth-order valence-corrected chi connectivity index (χ4v) is 1.43. The average molecular weight is 234 g/mol. The summed E-state index contributed by atoms with van der Waals surface area (Å²) in [5, 5.41) is 10.6. The van der Waals surface area contributed by atoms with Gasteiger partial charge in [0, 0.05) is 18.8 Å². The zero-order chi connectivity index (χ0) is 12.4. The van der Waals surface area contributed by atoms with Crippen LogP contribution in [0.25, 0.3) is 0 Å². The molecule has 0 atom stereocenters. The molecule has 0 aromatic carbocycles. The molecule has 0 aliphatic rings. The third kappa shape index (κ3) is 2.52. The molecular formula is C11H14N4O2. The third-order valence-electron chi connectivity index (χ3n) is 2.45. The van der Waals surface area contributed by atoms with E-state index in [4.69, 9.17) is 4.52 Å². The van der Waals surface area contributed by atoms with Crippen molar-refractivity contribution in [2.45, 2.75) is 20.4 Å². The lowest BCUT2D eigenvalue weighted by Crippen LogP contribution is -2.23. The van der Waals surface area contributed by atoms with Gasteiger partial charge in [0.1, 0.15) is 17.1 Å². The van der Waals surface area contributed by atoms with Gasteiger partial charge in [0.2, 0.25) is 0 Å². The molecule has 2 rings (SSSR count). The van der Waals surface area contributed by atoms with Crippen LogP contribution in [0.1, 0.15) is 27.6 Å². The fourth-order valence-electron chi connectivity index (χ4n) is 1.43. The molecule has 2 aromatic rings. The number of hydrogen-bond acceptors (Lipinski definition) is 4. The van der Waals surface area contributed by atoms with Gasteiger partial charge in [-0.3, -0.25) is 9.48 Å². The van der Waals surface area contributed by atoms with Crippen LogP contribution in [0.4, 0.5) is 0 Å². The second-order valence-electron chi connectivity index (χ2n) is 3.91. The quantitative estimate of drug-likeness (QED) is 0.858. The molecule has 6 nitrogen and oxygen atoms in total. The lowest BCUT2D eigenvalue weighted by atomic mass is 10.3. The highest BCUT2D eigenvalue weighted by Gasteiger charge is 2.11. The summed E-state index contributed by atoms with van der Waals surface area (Å²) in [5.74, 6) is 0.511. The summed E-state index contributed by atoms with van der Waals surface area (Å²) in [6.45, 7) is 4.04. The standard InChI is InChI=1S/C11H14N4O2/c1-7-4-10(13-15(7)3)11(16)12-6-9-5-8(2)17-14-9/h4-5H,6H2,1-3H3,(H,12,16). The summed E-state index contributed by atoms with van der Waals surface area (Å²) in [7, 11) is 1.80. The molecule has 17 heavy (non-hydrogen) atoms. The molecule has 0 radical (unpaired) electrons. The van der Waals surface area contributed by atoms with Gasteiger partial charge in [-0.25, -0.2) is 0 Å². The van der Waals surface area contributed by atoms with E-state index in [1.54, 1.807) is 30.8 Å². The molecule has 2 heterocycles. The monoisotopic (exact) mass is 234 g/mol. The molecule has 2 aromatic heterocycles. The Balaban J connectivity index is 1.98. The lowest BCUT2D eigenvalue weighted by molar-refractivity contribution is 0.0944. The molecule has 1 N–H and O–H groups in total. The summed E-state index contributed by atoms with van der Waals surface area (Å²) in [6.07, 6.45) is 0. The lowest BCUT2D eigenvalue weighted by Gasteiger charge is -1.98. The first-order valence-electron chi connectivity index (χ1n) is 5.27. The van der Waals surface area contributed by atoms with E-state index < -0.39 is 0 Å². The number of aromatic nitrogens is 3. The number of nitrogens with zero attached hydrogens (tertiary/aromatic N) is 3. The zero-order valence-corrected chi connectivity index (χ0v) is 10.0. The Morgan fingerprint density at radius 1 is 1.47 bits per heavy atom. The topological polar surface area (TPSA) is 73.0 Å². The summed E-state index contributed by atoms with van der Waals surface area (Å²) in [6, 6.07) is 3.52. The van der Waals surface area contributed by atoms with Gasteiger partial charge in [0.25, 0.3) is 5.91 Å². The van der Waals surface area contributed by atoms with Crippen molar-refractivity contribution in [2.24, 2.45) is 7.05 Å². The Bertz CT molecular complexity index is 522. The van der Waals surface area contributed by atoms with Crippen LogP contribution in [0, 0.1) is 13.8 Å². The van der Waals surface area contributed by atoms with E-state index in [2.05, 4.69) is 15.6 Å². The smallest absolute Gasteiger partial charge is 0.272 e. The molecule has 1 amide bonds. The van der Waals surface area contributed by atoms with Crippen molar-refractivity contribution < 1.29 is 9.32 Å². The molecule has 6 heteroatoms. The second kappa shape index (κ2) is 4.40. The maximum absolute atomic E-state index is 11.7. The van der Waals surface area contributed by atoms with Crippen LogP contribution in [-0.2, 0) is 13.6 Å². The van der Waals surface area contributed by atoms with E-state index in [1.807, 2.05) is 6.92 Å². The highest BCUT2D eigenvalue weighted by Crippen LogP contribution is 2.03. The highest BCUT2D eigenvalue weighted by molar-refractivity contribution is 5.92. The third-order valence-corrected chi connectivity index (χ3v) is 2.45. The minimum absolute atomic E-state index is 0.214. The van der Waals surface area contributed by atoms with Crippen molar-refractivity contribution in [3.8, 4) is 0 Å². The Labute approximate surface area is 98.6 Å². The van der Waals surface area contributed by atoms with Gasteiger partial charge in [-0.2, -0.15) is 5.10 Å². The number of carbonyl (C=O) groups is 1. The second-order valence-corrected chi connectivity index (χ2v) is 3.91. The van der Waals surface area contributed by atoms with Crippen molar-refractivity contribution in [3.05, 3.63) is 35.0 Å². The largest absolute Gasteiger partial charge is 0.361 e. The van der Waals surface area contributed by atoms with Gasteiger partial charge >= 0.3 is 0 Å². The summed E-state index contributed by atoms with van der Waals surface area (Å²) in [4.78, 5) is 11.7. The van der Waals surface area contributed by atoms with E-state index in [0.717, 1.165) is 11.5 Å². The van der Waals surface area contributed by atoms with Crippen LogP contribution in [-0.4, -0.2) is 20.8 Å². The fraction of sp³-hybridized carbons (Fsp3) is 0.364. The predicted octanol–water partition coefficient (Wildman–Crippen LogP) is 0.955. The normalized spacial score (nSPS) is 10.5. The summed E-state index contributed by atoms with van der Waals surface area (Å²) < 4.78 is 6.57. The van der Waals surface area contributed by atoms with Gasteiger partial charge in [-0.1, -0.05) is 5.16 Å². The van der Waals surface area contributed by atoms with E-state index in [9.17, 15) is 4.79 Å². The molecule has 0 aliphatic carbocycles. The van der Waals surface area contributed by atoms with Crippen LogP contribution in [0.3, 0.4) is 0 Å². The number of nitrogens with one attached hydrogen (secondary N) is 1. The number of carbonyl (C=O) groups excluding carboxylic acids is 1. The molecule has 0 aliphatic heterocycles. The maximum Gasteiger partial charge on any atom is 0.272 e. The van der Waals surface area contributed by atoms with Gasteiger partial charge in [-0.15, -0.1) is 0 Å². The Hall–Kier alpha value is -2.11. The predicted molar refractivity (Wildman–Crippen MR) is 60.4 cm³/mol. The van der Waals surface area contributed by atoms with Gasteiger partial charge in [-0.05, 0) is 19.9 Å². The molecule has 0 unspecified atom stereocenters. The van der Waals surface area contributed by atoms with Gasteiger partial charge in [0.15, 0.2) is 0 Å². The SMILES string of the molecule is Cc1cc(CNC(=O)c2cc(C)n(C)n2)no1. The molecule has 0 spiro atoms. The zero-order valence-electron chi connectivity index (χ0n) is 10.0. The van der Waals surface area contributed by atoms with Gasteiger partial charge in [0.05, 0.1) is 6.54 Å². The molecular weight excluding hydrogens is 220 g/mol. The van der Waals surface area contributed by atoms with E-state index >= 15 is 0 Å². The van der Waals surface area contributed by atoms with Crippen LogP contribution >= 0.6 is 0 Å². The molecule has 0 saturated heterocycles. The Morgan fingerprint density at radius 2 is 2.24 bits per heavy atom. The number of aryl methyl sites for hydroxylation is 3. The summed E-state index contributed by atoms with van der Waals surface area (Å²) >= 11 is 0. The number of hydrogen-bond donors (Lipinski definition) is 1. The molecule has 0 saturated carbocycles. The minimum atomic E-state index is -0.214. The first-order valence-corrected chi connectivity index (χ1v) is 5.27. The molecule has 0 bridgehead atoms. The Kier molecular flexibility index (Phi) is 2.95. The molecule has 90 valence electrons. The Morgan fingerprint density at radius 3 is 2.76 bits per heavy atom. The van der Waals surface area contributed by atoms with Crippen LogP contribution in [0.15, 0.2) is 16.7 Å². The maximum atomic E-state index is 11.7. The van der Waals surface area contributed by atoms with Crippen LogP contribution < -0.4 is 5.32 Å².